The monoisotopic (exact) mass is 290 g/mol. The highest BCUT2D eigenvalue weighted by molar-refractivity contribution is 5.77. The Morgan fingerprint density at radius 3 is 2.81 bits per heavy atom. The van der Waals surface area contributed by atoms with Crippen molar-refractivity contribution in [1.29, 1.82) is 0 Å². The van der Waals surface area contributed by atoms with Crippen molar-refractivity contribution in [1.82, 2.24) is 5.32 Å². The summed E-state index contributed by atoms with van der Waals surface area (Å²) in [5.74, 6) is 0.717. The molecule has 0 heterocycles. The van der Waals surface area contributed by atoms with Crippen LogP contribution in [0.25, 0.3) is 0 Å². The standard InChI is InChI=1S/C17H26N2O2/c1-11(2)7-12(10-18)8-16(21)19-17-14-6-4-3-5-13(14)9-15(17)20/h3-6,11-12,15,17,20H,7-10,18H2,1-2H3,(H,19,21)/t12?,15-,17+/m1/s1. The predicted octanol–water partition coefficient (Wildman–Crippen LogP) is 1.77. The first-order chi connectivity index (χ1) is 10.0. The van der Waals surface area contributed by atoms with Crippen LogP contribution in [0.1, 0.15) is 43.9 Å². The van der Waals surface area contributed by atoms with E-state index >= 15 is 0 Å². The van der Waals surface area contributed by atoms with Crippen LogP contribution in [0.15, 0.2) is 24.3 Å². The molecular formula is C17H26N2O2. The summed E-state index contributed by atoms with van der Waals surface area (Å²) in [6, 6.07) is 7.60. The molecule has 0 fully saturated rings. The van der Waals surface area contributed by atoms with E-state index in [0.29, 0.717) is 25.3 Å². The number of aliphatic hydroxyl groups is 1. The number of aliphatic hydroxyl groups excluding tert-OH is 1. The van der Waals surface area contributed by atoms with Crippen molar-refractivity contribution < 1.29 is 9.90 Å². The van der Waals surface area contributed by atoms with Crippen LogP contribution in [-0.2, 0) is 11.2 Å². The fourth-order valence-corrected chi connectivity index (χ4v) is 3.17. The minimum atomic E-state index is -0.534. The zero-order valence-corrected chi connectivity index (χ0v) is 12.9. The second-order valence-corrected chi connectivity index (χ2v) is 6.45. The van der Waals surface area contributed by atoms with E-state index in [9.17, 15) is 9.90 Å². The Bertz CT molecular complexity index is 487. The van der Waals surface area contributed by atoms with Crippen molar-refractivity contribution in [3.05, 3.63) is 35.4 Å². The molecule has 1 aromatic rings. The Hall–Kier alpha value is -1.39. The Balaban J connectivity index is 1.96. The van der Waals surface area contributed by atoms with Crippen molar-refractivity contribution >= 4 is 5.91 Å². The van der Waals surface area contributed by atoms with Gasteiger partial charge >= 0.3 is 0 Å². The lowest BCUT2D eigenvalue weighted by atomic mass is 9.93. The molecule has 3 atom stereocenters. The minimum absolute atomic E-state index is 0.0214. The van der Waals surface area contributed by atoms with Crippen molar-refractivity contribution in [3.8, 4) is 0 Å². The summed E-state index contributed by atoms with van der Waals surface area (Å²) in [7, 11) is 0. The van der Waals surface area contributed by atoms with Gasteiger partial charge in [0.15, 0.2) is 0 Å². The van der Waals surface area contributed by atoms with Gasteiger partial charge in [-0.2, -0.15) is 0 Å². The highest BCUT2D eigenvalue weighted by atomic mass is 16.3. The van der Waals surface area contributed by atoms with Crippen LogP contribution in [0.4, 0.5) is 0 Å². The Kier molecular flexibility index (Phi) is 5.37. The first-order valence-electron chi connectivity index (χ1n) is 7.76. The van der Waals surface area contributed by atoms with Crippen molar-refractivity contribution in [3.63, 3.8) is 0 Å². The van der Waals surface area contributed by atoms with E-state index in [0.717, 1.165) is 17.5 Å². The Labute approximate surface area is 126 Å². The molecule has 0 aromatic heterocycles. The number of fused-ring (bicyclic) bond motifs is 1. The minimum Gasteiger partial charge on any atom is -0.390 e. The molecule has 0 aliphatic heterocycles. The second-order valence-electron chi connectivity index (χ2n) is 6.45. The zero-order valence-electron chi connectivity index (χ0n) is 12.9. The molecule has 1 amide bonds. The third kappa shape index (κ3) is 4.05. The van der Waals surface area contributed by atoms with Gasteiger partial charge in [0.1, 0.15) is 0 Å². The normalized spacial score (nSPS) is 22.1. The van der Waals surface area contributed by atoms with Crippen molar-refractivity contribution in [2.45, 2.75) is 45.3 Å². The van der Waals surface area contributed by atoms with E-state index in [1.807, 2.05) is 24.3 Å². The van der Waals surface area contributed by atoms with Gasteiger partial charge in [-0.15, -0.1) is 0 Å². The molecule has 0 saturated carbocycles. The molecule has 1 aromatic carbocycles. The van der Waals surface area contributed by atoms with E-state index in [2.05, 4.69) is 19.2 Å². The largest absolute Gasteiger partial charge is 0.390 e. The molecule has 0 radical (unpaired) electrons. The number of rotatable bonds is 6. The van der Waals surface area contributed by atoms with E-state index < -0.39 is 6.10 Å². The van der Waals surface area contributed by atoms with Gasteiger partial charge in [0.2, 0.25) is 5.91 Å². The van der Waals surface area contributed by atoms with Crippen LogP contribution in [0, 0.1) is 11.8 Å². The summed E-state index contributed by atoms with van der Waals surface area (Å²) in [5, 5.41) is 13.1. The molecule has 1 unspecified atom stereocenters. The van der Waals surface area contributed by atoms with Crippen LogP contribution < -0.4 is 11.1 Å². The molecule has 0 bridgehead atoms. The summed E-state index contributed by atoms with van der Waals surface area (Å²) in [5.41, 5.74) is 7.90. The Morgan fingerprint density at radius 1 is 1.43 bits per heavy atom. The number of carbonyl (C=O) groups is 1. The average molecular weight is 290 g/mol. The quantitative estimate of drug-likeness (QED) is 0.747. The van der Waals surface area contributed by atoms with E-state index in [1.165, 1.54) is 0 Å². The number of nitrogens with two attached hydrogens (primary N) is 1. The number of hydrogen-bond acceptors (Lipinski definition) is 3. The molecule has 21 heavy (non-hydrogen) atoms. The zero-order chi connectivity index (χ0) is 15.4. The SMILES string of the molecule is CC(C)CC(CN)CC(=O)N[C@H]1c2ccccc2C[C@H]1O. The Morgan fingerprint density at radius 2 is 2.14 bits per heavy atom. The van der Waals surface area contributed by atoms with Crippen LogP contribution in [0.3, 0.4) is 0 Å². The topological polar surface area (TPSA) is 75.4 Å². The van der Waals surface area contributed by atoms with Gasteiger partial charge in [-0.25, -0.2) is 0 Å². The third-order valence-corrected chi connectivity index (χ3v) is 4.13. The molecular weight excluding hydrogens is 264 g/mol. The summed E-state index contributed by atoms with van der Waals surface area (Å²) in [4.78, 5) is 12.2. The van der Waals surface area contributed by atoms with E-state index in [4.69, 9.17) is 5.73 Å². The van der Waals surface area contributed by atoms with Gasteiger partial charge in [0, 0.05) is 12.8 Å². The summed E-state index contributed by atoms with van der Waals surface area (Å²) in [6.07, 6.45) is 1.45. The molecule has 4 N–H and O–H groups in total. The maximum atomic E-state index is 12.2. The highest BCUT2D eigenvalue weighted by Crippen LogP contribution is 2.31. The van der Waals surface area contributed by atoms with Gasteiger partial charge in [0.25, 0.3) is 0 Å². The fourth-order valence-electron chi connectivity index (χ4n) is 3.17. The lowest BCUT2D eigenvalue weighted by Crippen LogP contribution is -2.35. The van der Waals surface area contributed by atoms with Crippen molar-refractivity contribution in [2.24, 2.45) is 17.6 Å². The number of benzene rings is 1. The molecule has 4 nitrogen and oxygen atoms in total. The van der Waals surface area contributed by atoms with Gasteiger partial charge in [0.05, 0.1) is 12.1 Å². The maximum absolute atomic E-state index is 12.2. The number of carbonyl (C=O) groups excluding carboxylic acids is 1. The number of amides is 1. The molecule has 4 heteroatoms. The van der Waals surface area contributed by atoms with Gasteiger partial charge in [-0.05, 0) is 35.9 Å². The van der Waals surface area contributed by atoms with Crippen LogP contribution in [-0.4, -0.2) is 23.7 Å². The van der Waals surface area contributed by atoms with Crippen LogP contribution in [0.2, 0.25) is 0 Å². The molecule has 0 spiro atoms. The van der Waals surface area contributed by atoms with Crippen LogP contribution in [0.5, 0.6) is 0 Å². The molecule has 1 aliphatic carbocycles. The number of hydrogen-bond donors (Lipinski definition) is 3. The van der Waals surface area contributed by atoms with E-state index in [-0.39, 0.29) is 17.9 Å². The van der Waals surface area contributed by atoms with Crippen molar-refractivity contribution in [2.75, 3.05) is 6.54 Å². The highest BCUT2D eigenvalue weighted by Gasteiger charge is 2.32. The smallest absolute Gasteiger partial charge is 0.220 e. The van der Waals surface area contributed by atoms with Gasteiger partial charge < -0.3 is 16.2 Å². The average Bonchev–Trinajstić information content (AvgIpc) is 2.74. The third-order valence-electron chi connectivity index (χ3n) is 4.13. The summed E-state index contributed by atoms with van der Waals surface area (Å²) < 4.78 is 0. The lowest BCUT2D eigenvalue weighted by molar-refractivity contribution is -0.123. The first kappa shape index (κ1) is 16.0. The van der Waals surface area contributed by atoms with E-state index in [1.54, 1.807) is 0 Å². The summed E-state index contributed by atoms with van der Waals surface area (Å²) >= 11 is 0. The second kappa shape index (κ2) is 7.05. The number of nitrogens with one attached hydrogen (secondary N) is 1. The molecule has 2 rings (SSSR count). The molecule has 116 valence electrons. The first-order valence-corrected chi connectivity index (χ1v) is 7.76. The van der Waals surface area contributed by atoms with Gasteiger partial charge in [-0.3, -0.25) is 4.79 Å². The molecule has 0 saturated heterocycles. The predicted molar refractivity (Wildman–Crippen MR) is 83.7 cm³/mol. The van der Waals surface area contributed by atoms with Gasteiger partial charge in [-0.1, -0.05) is 38.1 Å². The summed E-state index contributed by atoms with van der Waals surface area (Å²) in [6.45, 7) is 4.80. The van der Waals surface area contributed by atoms with Crippen LogP contribution >= 0.6 is 0 Å². The molecule has 1 aliphatic rings. The fraction of sp³-hybridized carbons (Fsp3) is 0.588. The lowest BCUT2D eigenvalue weighted by Gasteiger charge is -2.21. The maximum Gasteiger partial charge on any atom is 0.220 e.